The second kappa shape index (κ2) is 12.7. The highest BCUT2D eigenvalue weighted by molar-refractivity contribution is 6.26. The van der Waals surface area contributed by atoms with Gasteiger partial charge in [0.25, 0.3) is 0 Å². The monoisotopic (exact) mass is 713 g/mol. The Labute approximate surface area is 322 Å². The van der Waals surface area contributed by atoms with E-state index in [4.69, 9.17) is 9.97 Å². The summed E-state index contributed by atoms with van der Waals surface area (Å²) < 4.78 is 4.68. The molecule has 0 amide bonds. The van der Waals surface area contributed by atoms with Crippen LogP contribution in [0.3, 0.4) is 0 Å². The maximum Gasteiger partial charge on any atom is 0.160 e. The van der Waals surface area contributed by atoms with Gasteiger partial charge < -0.3 is 9.13 Å². The minimum absolute atomic E-state index is 0.420. The van der Waals surface area contributed by atoms with E-state index in [-0.39, 0.29) is 0 Å². The van der Waals surface area contributed by atoms with Gasteiger partial charge in [-0.1, -0.05) is 140 Å². The van der Waals surface area contributed by atoms with E-state index in [1.807, 2.05) is 54.6 Å². The number of aromatic nitrogens is 4. The first-order chi connectivity index (χ1) is 27.8. The highest BCUT2D eigenvalue weighted by atomic mass is 15.0. The molecule has 0 unspecified atom stereocenters. The fourth-order valence-electron chi connectivity index (χ4n) is 8.50. The van der Waals surface area contributed by atoms with Gasteiger partial charge in [-0.25, -0.2) is 9.97 Å². The van der Waals surface area contributed by atoms with Crippen molar-refractivity contribution in [2.75, 3.05) is 0 Å². The maximum absolute atomic E-state index is 11.4. The van der Waals surface area contributed by atoms with Crippen molar-refractivity contribution >= 4 is 54.4 Å². The summed E-state index contributed by atoms with van der Waals surface area (Å²) in [5.41, 5.74) is 10.3. The Kier molecular flexibility index (Phi) is 7.16. The van der Waals surface area contributed by atoms with Gasteiger partial charge in [0.05, 0.1) is 39.0 Å². The lowest BCUT2D eigenvalue weighted by Gasteiger charge is -2.18. The Hall–Kier alpha value is -7.81. The molecule has 0 bridgehead atoms. The second-order valence-electron chi connectivity index (χ2n) is 14.1. The summed E-state index contributed by atoms with van der Waals surface area (Å²) in [5, 5.41) is 18.1. The minimum Gasteiger partial charge on any atom is -0.308 e. The number of rotatable bonds is 5. The van der Waals surface area contributed by atoms with Gasteiger partial charge in [-0.15, -0.1) is 0 Å². The van der Waals surface area contributed by atoms with Gasteiger partial charge in [-0.3, -0.25) is 0 Å². The van der Waals surface area contributed by atoms with E-state index in [0.717, 1.165) is 82.4 Å². The molecule has 11 rings (SSSR count). The van der Waals surface area contributed by atoms with Crippen LogP contribution in [-0.4, -0.2) is 19.1 Å². The molecule has 11 aromatic rings. The van der Waals surface area contributed by atoms with Gasteiger partial charge in [0.1, 0.15) is 11.6 Å². The van der Waals surface area contributed by atoms with E-state index < -0.39 is 0 Å². The summed E-state index contributed by atoms with van der Waals surface area (Å²) in [5.74, 6) is 0.553. The topological polar surface area (TPSA) is 59.4 Å². The number of benzene rings is 8. The molecule has 0 aliphatic rings. The lowest BCUT2D eigenvalue weighted by Crippen LogP contribution is -2.05. The molecule has 0 aliphatic heterocycles. The number of hydrogen-bond donors (Lipinski definition) is 0. The van der Waals surface area contributed by atoms with Crippen molar-refractivity contribution in [3.63, 3.8) is 0 Å². The second-order valence-corrected chi connectivity index (χ2v) is 14.1. The van der Waals surface area contributed by atoms with Crippen LogP contribution in [0.4, 0.5) is 0 Å². The summed E-state index contributed by atoms with van der Waals surface area (Å²) >= 11 is 0. The van der Waals surface area contributed by atoms with Gasteiger partial charge in [0, 0.05) is 44.0 Å². The average Bonchev–Trinajstić information content (AvgIpc) is 3.78. The highest BCUT2D eigenvalue weighted by Crippen LogP contribution is 2.48. The quantitative estimate of drug-likeness (QED) is 0.178. The molecule has 0 aliphatic carbocycles. The molecular formula is C51H31N5. The Bertz CT molecular complexity index is 3220. The third-order valence-electron chi connectivity index (χ3n) is 10.9. The van der Waals surface area contributed by atoms with E-state index in [2.05, 4.69) is 149 Å². The van der Waals surface area contributed by atoms with Crippen LogP contribution < -0.4 is 0 Å². The number of nitrogens with zero attached hydrogens (tertiary/aromatic N) is 5. The van der Waals surface area contributed by atoms with Gasteiger partial charge in [-0.2, -0.15) is 5.26 Å². The van der Waals surface area contributed by atoms with Gasteiger partial charge in [-0.05, 0) is 59.3 Å². The fourth-order valence-corrected chi connectivity index (χ4v) is 8.50. The van der Waals surface area contributed by atoms with Crippen molar-refractivity contribution in [1.82, 2.24) is 19.1 Å². The zero-order valence-corrected chi connectivity index (χ0v) is 30.1. The Balaban J connectivity index is 1.41. The number of fused-ring (bicyclic) bond motifs is 7. The molecule has 8 aromatic carbocycles. The fraction of sp³-hybridized carbons (Fsp3) is 0. The van der Waals surface area contributed by atoms with Crippen molar-refractivity contribution in [2.24, 2.45) is 0 Å². The van der Waals surface area contributed by atoms with E-state index in [9.17, 15) is 5.26 Å². The molecule has 56 heavy (non-hydrogen) atoms. The Morgan fingerprint density at radius 1 is 0.411 bits per heavy atom. The van der Waals surface area contributed by atoms with E-state index in [0.29, 0.717) is 22.8 Å². The van der Waals surface area contributed by atoms with Crippen molar-refractivity contribution in [3.8, 4) is 51.3 Å². The molecule has 5 heteroatoms. The first kappa shape index (κ1) is 31.7. The predicted molar refractivity (Wildman–Crippen MR) is 229 cm³/mol. The molecule has 0 saturated carbocycles. The third-order valence-corrected chi connectivity index (χ3v) is 10.9. The van der Waals surface area contributed by atoms with Crippen LogP contribution in [0.2, 0.25) is 0 Å². The molecule has 5 nitrogen and oxygen atoms in total. The summed E-state index contributed by atoms with van der Waals surface area (Å²) in [6.45, 7) is 0. The van der Waals surface area contributed by atoms with E-state index in [1.165, 1.54) is 0 Å². The first-order valence-corrected chi connectivity index (χ1v) is 18.7. The van der Waals surface area contributed by atoms with Crippen LogP contribution >= 0.6 is 0 Å². The van der Waals surface area contributed by atoms with Crippen LogP contribution in [-0.2, 0) is 0 Å². The molecule has 0 spiro atoms. The molecule has 0 radical (unpaired) electrons. The molecule has 3 aromatic heterocycles. The maximum atomic E-state index is 11.4. The van der Waals surface area contributed by atoms with Crippen LogP contribution in [0.15, 0.2) is 188 Å². The zero-order chi connectivity index (χ0) is 37.2. The van der Waals surface area contributed by atoms with Gasteiger partial charge in [0.2, 0.25) is 0 Å². The van der Waals surface area contributed by atoms with Crippen LogP contribution in [0, 0.1) is 11.3 Å². The number of nitriles is 1. The van der Waals surface area contributed by atoms with Crippen molar-refractivity contribution < 1.29 is 0 Å². The smallest absolute Gasteiger partial charge is 0.160 e. The summed E-state index contributed by atoms with van der Waals surface area (Å²) in [7, 11) is 0. The Morgan fingerprint density at radius 3 is 1.50 bits per heavy atom. The van der Waals surface area contributed by atoms with Crippen LogP contribution in [0.25, 0.3) is 99.7 Å². The van der Waals surface area contributed by atoms with Crippen LogP contribution in [0.5, 0.6) is 0 Å². The van der Waals surface area contributed by atoms with Crippen LogP contribution in [0.1, 0.15) is 5.56 Å². The average molecular weight is 714 g/mol. The molecular weight excluding hydrogens is 683 g/mol. The highest BCUT2D eigenvalue weighted by Gasteiger charge is 2.29. The standard InChI is InChI=1S/C51H31N5/c52-32-43-47(36-29-28-33-16-10-11-19-35(33)30-36)53-51(34-17-4-1-5-18-34)54-48(43)46-49-41(39-24-12-14-26-44(39)55(49)37-20-6-2-7-21-37)31-42-40-25-13-15-27-45(40)56(50(42)46)38-22-8-3-9-23-38/h1-31H. The number of hydrogen-bond acceptors (Lipinski definition) is 3. The minimum atomic E-state index is 0.420. The first-order valence-electron chi connectivity index (χ1n) is 18.7. The van der Waals surface area contributed by atoms with E-state index in [1.54, 1.807) is 0 Å². The largest absolute Gasteiger partial charge is 0.308 e. The predicted octanol–water partition coefficient (Wildman–Crippen LogP) is 12.7. The summed E-state index contributed by atoms with van der Waals surface area (Å²) in [6, 6.07) is 67.8. The zero-order valence-electron chi connectivity index (χ0n) is 30.1. The lowest BCUT2D eigenvalue weighted by molar-refractivity contribution is 1.14. The van der Waals surface area contributed by atoms with Crippen molar-refractivity contribution in [1.29, 1.82) is 5.26 Å². The molecule has 0 N–H and O–H groups in total. The summed E-state index contributed by atoms with van der Waals surface area (Å²) in [4.78, 5) is 10.7. The number of para-hydroxylation sites is 4. The third kappa shape index (κ3) is 4.80. The lowest BCUT2D eigenvalue weighted by atomic mass is 9.95. The molecule has 0 fully saturated rings. The SMILES string of the molecule is N#Cc1c(-c2ccc3ccccc3c2)nc(-c2ccccc2)nc1-c1c2c(cc3c4ccccc4n(-c4ccccc4)c13)c1ccccc1n2-c1ccccc1. The normalized spacial score (nSPS) is 11.6. The van der Waals surface area contributed by atoms with Crippen molar-refractivity contribution in [2.45, 2.75) is 0 Å². The Morgan fingerprint density at radius 2 is 0.911 bits per heavy atom. The molecule has 0 saturated heterocycles. The van der Waals surface area contributed by atoms with E-state index >= 15 is 0 Å². The van der Waals surface area contributed by atoms with Gasteiger partial charge >= 0.3 is 0 Å². The molecule has 3 heterocycles. The molecule has 0 atom stereocenters. The summed E-state index contributed by atoms with van der Waals surface area (Å²) in [6.07, 6.45) is 0. The van der Waals surface area contributed by atoms with Gasteiger partial charge in [0.15, 0.2) is 5.82 Å². The van der Waals surface area contributed by atoms with Crippen molar-refractivity contribution in [3.05, 3.63) is 194 Å². The molecule has 260 valence electrons.